The normalized spacial score (nSPS) is 17.9. The largest absolute Gasteiger partial charge is 0.573 e. The fraction of sp³-hybridized carbons (Fsp3) is 0.562. The molecule has 0 aromatic heterocycles. The van der Waals surface area contributed by atoms with Gasteiger partial charge < -0.3 is 4.74 Å². The van der Waals surface area contributed by atoms with Gasteiger partial charge in [0.1, 0.15) is 5.75 Å². The molecule has 1 aliphatic carbocycles. The highest BCUT2D eigenvalue weighted by atomic mass is 19.4. The highest BCUT2D eigenvalue weighted by molar-refractivity contribution is 6.00. The number of ether oxygens (including phenoxy) is 1. The van der Waals surface area contributed by atoms with E-state index in [9.17, 15) is 18.0 Å². The van der Waals surface area contributed by atoms with E-state index >= 15 is 0 Å². The van der Waals surface area contributed by atoms with Crippen molar-refractivity contribution >= 4 is 5.78 Å². The van der Waals surface area contributed by atoms with E-state index in [1.54, 1.807) is 6.07 Å². The van der Waals surface area contributed by atoms with E-state index < -0.39 is 12.1 Å². The first kappa shape index (κ1) is 15.9. The minimum absolute atomic E-state index is 0.0420. The van der Waals surface area contributed by atoms with Crippen LogP contribution in [0.1, 0.15) is 55.3 Å². The van der Waals surface area contributed by atoms with Crippen molar-refractivity contribution in [2.45, 2.75) is 51.3 Å². The number of ketones is 1. The van der Waals surface area contributed by atoms with Crippen LogP contribution < -0.4 is 4.74 Å². The second-order valence-corrected chi connectivity index (χ2v) is 5.45. The molecule has 1 aromatic carbocycles. The summed E-state index contributed by atoms with van der Waals surface area (Å²) in [4.78, 5) is 12.5. The number of benzene rings is 1. The third-order valence-corrected chi connectivity index (χ3v) is 3.85. The summed E-state index contributed by atoms with van der Waals surface area (Å²) in [6, 6.07) is 5.63. The molecule has 0 bridgehead atoms. The lowest BCUT2D eigenvalue weighted by atomic mass is 9.85. The van der Waals surface area contributed by atoms with Gasteiger partial charge in [0.05, 0.1) is 5.56 Å². The smallest absolute Gasteiger partial charge is 0.405 e. The molecule has 0 spiro atoms. The monoisotopic (exact) mass is 300 g/mol. The molecular weight excluding hydrogens is 281 g/mol. The average Bonchev–Trinajstić information content (AvgIpc) is 2.36. The Kier molecular flexibility index (Phi) is 5.26. The van der Waals surface area contributed by atoms with Crippen LogP contribution in [0.5, 0.6) is 5.75 Å². The van der Waals surface area contributed by atoms with E-state index in [0.717, 1.165) is 38.5 Å². The summed E-state index contributed by atoms with van der Waals surface area (Å²) in [6.45, 7) is 0. The van der Waals surface area contributed by atoms with Crippen molar-refractivity contribution in [3.05, 3.63) is 29.8 Å². The van der Waals surface area contributed by atoms with Crippen molar-refractivity contribution in [3.63, 3.8) is 0 Å². The third kappa shape index (κ3) is 4.76. The summed E-state index contributed by atoms with van der Waals surface area (Å²) in [7, 11) is 0. The Labute approximate surface area is 122 Å². The van der Waals surface area contributed by atoms with Crippen LogP contribution >= 0.6 is 0 Å². The molecule has 1 saturated carbocycles. The van der Waals surface area contributed by atoms with Crippen molar-refractivity contribution in [2.75, 3.05) is 0 Å². The molecule has 0 atom stereocenters. The zero-order valence-corrected chi connectivity index (χ0v) is 11.8. The summed E-state index contributed by atoms with van der Waals surface area (Å²) in [6.07, 6.45) is 1.98. The van der Waals surface area contributed by atoms with Crippen molar-refractivity contribution in [3.8, 4) is 5.75 Å². The van der Waals surface area contributed by atoms with Crippen LogP contribution in [0.15, 0.2) is 24.3 Å². The summed E-state index contributed by atoms with van der Waals surface area (Å²) in [5.74, 6) is -0.808. The summed E-state index contributed by atoms with van der Waals surface area (Å²) < 4.78 is 41.2. The molecule has 0 radical (unpaired) electrons. The first-order valence-corrected chi connectivity index (χ1v) is 7.36. The highest BCUT2D eigenvalue weighted by Crippen LogP contribution is 2.31. The summed E-state index contributed by atoms with van der Waals surface area (Å²) >= 11 is 0. The van der Waals surface area contributed by atoms with Gasteiger partial charge >= 0.3 is 6.36 Å². The molecule has 0 unspecified atom stereocenters. The maximum absolute atomic E-state index is 12.5. The van der Waals surface area contributed by atoms with E-state index in [-0.39, 0.29) is 17.3 Å². The van der Waals surface area contributed by atoms with Crippen LogP contribution in [0.2, 0.25) is 0 Å². The Morgan fingerprint density at radius 1 is 1.00 bits per heavy atom. The topological polar surface area (TPSA) is 26.3 Å². The van der Waals surface area contributed by atoms with Crippen molar-refractivity contribution in [1.29, 1.82) is 0 Å². The van der Waals surface area contributed by atoms with E-state index in [4.69, 9.17) is 0 Å². The van der Waals surface area contributed by atoms with Crippen molar-refractivity contribution in [2.24, 2.45) is 5.92 Å². The third-order valence-electron chi connectivity index (χ3n) is 3.85. The number of carbonyl (C=O) groups excluding carboxylic acids is 1. The molecule has 1 aromatic rings. The van der Waals surface area contributed by atoms with Crippen LogP contribution in [0.4, 0.5) is 13.2 Å². The molecule has 2 rings (SSSR count). The molecule has 1 aliphatic rings. The lowest BCUT2D eigenvalue weighted by Crippen LogP contribution is -2.21. The van der Waals surface area contributed by atoms with Crippen LogP contribution in [-0.4, -0.2) is 12.1 Å². The second kappa shape index (κ2) is 6.96. The zero-order valence-electron chi connectivity index (χ0n) is 11.8. The molecule has 0 heterocycles. The maximum Gasteiger partial charge on any atom is 0.573 e. The van der Waals surface area contributed by atoms with Crippen LogP contribution in [0, 0.1) is 5.92 Å². The number of hydrogen-bond donors (Lipinski definition) is 0. The van der Waals surface area contributed by atoms with Gasteiger partial charge in [-0.25, -0.2) is 0 Å². The summed E-state index contributed by atoms with van der Waals surface area (Å²) in [5, 5.41) is 0. The molecule has 21 heavy (non-hydrogen) atoms. The van der Waals surface area contributed by atoms with Crippen molar-refractivity contribution in [1.82, 2.24) is 0 Å². The van der Waals surface area contributed by atoms with Gasteiger partial charge in [-0.1, -0.05) is 44.2 Å². The van der Waals surface area contributed by atoms with Gasteiger partial charge in [0, 0.05) is 5.92 Å². The second-order valence-electron chi connectivity index (χ2n) is 5.45. The van der Waals surface area contributed by atoms with E-state index in [1.165, 1.54) is 24.6 Å². The molecular formula is C16H19F3O2. The average molecular weight is 300 g/mol. The lowest BCUT2D eigenvalue weighted by molar-refractivity contribution is -0.274. The molecule has 2 nitrogen and oxygen atoms in total. The maximum atomic E-state index is 12.5. The lowest BCUT2D eigenvalue weighted by Gasteiger charge is -2.20. The molecule has 0 saturated heterocycles. The van der Waals surface area contributed by atoms with Gasteiger partial charge in [0.15, 0.2) is 5.78 Å². The summed E-state index contributed by atoms with van der Waals surface area (Å²) in [5.41, 5.74) is 0.0420. The van der Waals surface area contributed by atoms with Gasteiger partial charge in [-0.05, 0) is 25.0 Å². The molecule has 116 valence electrons. The molecule has 1 fully saturated rings. The van der Waals surface area contributed by atoms with Crippen LogP contribution in [0.3, 0.4) is 0 Å². The van der Waals surface area contributed by atoms with Gasteiger partial charge in [-0.15, -0.1) is 13.2 Å². The highest BCUT2D eigenvalue weighted by Gasteiger charge is 2.33. The van der Waals surface area contributed by atoms with Gasteiger partial charge in [0.2, 0.25) is 0 Å². The Morgan fingerprint density at radius 2 is 1.57 bits per heavy atom. The number of alkyl halides is 3. The predicted molar refractivity (Wildman–Crippen MR) is 73.3 cm³/mol. The van der Waals surface area contributed by atoms with Gasteiger partial charge in [0.25, 0.3) is 0 Å². The molecule has 0 N–H and O–H groups in total. The quantitative estimate of drug-likeness (QED) is 0.723. The van der Waals surface area contributed by atoms with Crippen LogP contribution in [0.25, 0.3) is 0 Å². The number of Topliss-reactive ketones (excluding diaryl/α,β-unsaturated/α-hetero) is 1. The Bertz CT molecular complexity index is 475. The van der Waals surface area contributed by atoms with E-state index in [1.807, 2.05) is 0 Å². The number of carbonyl (C=O) groups is 1. The van der Waals surface area contributed by atoms with Crippen molar-refractivity contribution < 1.29 is 22.7 Å². The number of halogens is 3. The predicted octanol–water partition coefficient (Wildman–Crippen LogP) is 5.13. The fourth-order valence-electron chi connectivity index (χ4n) is 2.82. The Hall–Kier alpha value is -1.52. The van der Waals surface area contributed by atoms with Gasteiger partial charge in [-0.3, -0.25) is 4.79 Å². The minimum Gasteiger partial charge on any atom is -0.405 e. The number of rotatable bonds is 3. The minimum atomic E-state index is -4.78. The van der Waals surface area contributed by atoms with E-state index in [2.05, 4.69) is 4.74 Å². The van der Waals surface area contributed by atoms with E-state index in [0.29, 0.717) is 0 Å². The first-order chi connectivity index (χ1) is 9.97. The first-order valence-electron chi connectivity index (χ1n) is 7.36. The Balaban J connectivity index is 2.17. The van der Waals surface area contributed by atoms with Crippen LogP contribution in [-0.2, 0) is 0 Å². The standard InChI is InChI=1S/C16H19F3O2/c17-16(18,19)21-14-11-7-6-10-13(14)15(20)12-8-4-2-1-3-5-9-12/h6-7,10-12H,1-5,8-9H2. The Morgan fingerprint density at radius 3 is 2.19 bits per heavy atom. The molecule has 0 aliphatic heterocycles. The van der Waals surface area contributed by atoms with Gasteiger partial charge in [-0.2, -0.15) is 0 Å². The zero-order chi connectivity index (χ0) is 15.3. The molecule has 0 amide bonds. The number of para-hydroxylation sites is 1. The SMILES string of the molecule is O=C(c1ccccc1OC(F)(F)F)C1CCCCCCC1. The molecule has 5 heteroatoms. The fourth-order valence-corrected chi connectivity index (χ4v) is 2.82. The number of hydrogen-bond acceptors (Lipinski definition) is 2.